The fourth-order valence-corrected chi connectivity index (χ4v) is 2.44. The number of carbonyl (C=O) groups is 3. The smallest absolute Gasteiger partial charge is 0.344 e. The maximum atomic E-state index is 12.8. The number of benzene rings is 2. The van der Waals surface area contributed by atoms with Crippen molar-refractivity contribution in [2.24, 2.45) is 5.41 Å². The molecule has 0 saturated heterocycles. The summed E-state index contributed by atoms with van der Waals surface area (Å²) in [5.41, 5.74) is -1.10. The van der Waals surface area contributed by atoms with E-state index < -0.39 is 35.0 Å². The lowest BCUT2D eigenvalue weighted by molar-refractivity contribution is -0.137. The summed E-state index contributed by atoms with van der Waals surface area (Å²) < 4.78 is 38.5. The zero-order valence-electron chi connectivity index (χ0n) is 17.6. The van der Waals surface area contributed by atoms with Crippen LogP contribution in [0.3, 0.4) is 0 Å². The standard InChI is InChI=1S/C22H24F3N3O3/c1-13(26-20(31)21(2,3)4)18(29)27-16-9-5-7-14(11-16)19(30)28-17-10-6-8-15(12-17)22(23,24)25/h5-13H,1-4H3,(H,26,31)(H,27,29)(H,28,30). The molecule has 0 heterocycles. The van der Waals surface area contributed by atoms with Crippen LogP contribution in [0.25, 0.3) is 0 Å². The van der Waals surface area contributed by atoms with Gasteiger partial charge in [-0.1, -0.05) is 32.9 Å². The molecule has 2 aromatic rings. The molecule has 2 rings (SSSR count). The fraction of sp³-hybridized carbons (Fsp3) is 0.318. The first-order chi connectivity index (χ1) is 14.3. The number of halogens is 3. The van der Waals surface area contributed by atoms with Gasteiger partial charge in [0.25, 0.3) is 5.91 Å². The molecular weight excluding hydrogens is 411 g/mol. The minimum absolute atomic E-state index is 0.00669. The second kappa shape index (κ2) is 9.20. The maximum Gasteiger partial charge on any atom is 0.416 e. The molecular formula is C22H24F3N3O3. The van der Waals surface area contributed by atoms with Gasteiger partial charge in [0, 0.05) is 22.4 Å². The van der Waals surface area contributed by atoms with Crippen molar-refractivity contribution in [2.75, 3.05) is 10.6 Å². The van der Waals surface area contributed by atoms with Crippen LogP contribution in [-0.2, 0) is 15.8 Å². The highest BCUT2D eigenvalue weighted by molar-refractivity contribution is 6.05. The second-order valence-electron chi connectivity index (χ2n) is 8.05. The molecule has 3 N–H and O–H groups in total. The summed E-state index contributed by atoms with van der Waals surface area (Å²) in [4.78, 5) is 36.8. The van der Waals surface area contributed by atoms with Gasteiger partial charge in [0.05, 0.1) is 5.56 Å². The molecule has 0 radical (unpaired) electrons. The van der Waals surface area contributed by atoms with Gasteiger partial charge in [-0.25, -0.2) is 0 Å². The minimum atomic E-state index is -4.52. The average Bonchev–Trinajstić information content (AvgIpc) is 2.67. The molecule has 0 aromatic heterocycles. The van der Waals surface area contributed by atoms with E-state index in [1.807, 2.05) is 0 Å². The minimum Gasteiger partial charge on any atom is -0.344 e. The monoisotopic (exact) mass is 435 g/mol. The van der Waals surface area contributed by atoms with Gasteiger partial charge in [-0.05, 0) is 43.3 Å². The van der Waals surface area contributed by atoms with E-state index >= 15 is 0 Å². The molecule has 0 saturated carbocycles. The van der Waals surface area contributed by atoms with Crippen molar-refractivity contribution in [3.05, 3.63) is 59.7 Å². The van der Waals surface area contributed by atoms with Crippen LogP contribution in [0.2, 0.25) is 0 Å². The number of anilines is 2. The molecule has 0 aliphatic carbocycles. The Morgan fingerprint density at radius 2 is 1.45 bits per heavy atom. The molecule has 0 aliphatic rings. The van der Waals surface area contributed by atoms with Gasteiger partial charge in [0.1, 0.15) is 6.04 Å². The Labute approximate surface area is 178 Å². The summed E-state index contributed by atoms with van der Waals surface area (Å²) in [6.07, 6.45) is -4.52. The van der Waals surface area contributed by atoms with E-state index in [1.165, 1.54) is 37.3 Å². The van der Waals surface area contributed by atoms with Crippen molar-refractivity contribution < 1.29 is 27.6 Å². The Morgan fingerprint density at radius 3 is 2.03 bits per heavy atom. The van der Waals surface area contributed by atoms with Crippen LogP contribution in [0.15, 0.2) is 48.5 Å². The van der Waals surface area contributed by atoms with Crippen molar-refractivity contribution in [1.82, 2.24) is 5.32 Å². The summed E-state index contributed by atoms with van der Waals surface area (Å²) in [5.74, 6) is -1.40. The van der Waals surface area contributed by atoms with E-state index in [-0.39, 0.29) is 17.2 Å². The van der Waals surface area contributed by atoms with Crippen molar-refractivity contribution >= 4 is 29.1 Å². The highest BCUT2D eigenvalue weighted by atomic mass is 19.4. The molecule has 2 aromatic carbocycles. The lowest BCUT2D eigenvalue weighted by atomic mass is 9.95. The maximum absolute atomic E-state index is 12.8. The Bertz CT molecular complexity index is 982. The van der Waals surface area contributed by atoms with Crippen molar-refractivity contribution in [3.63, 3.8) is 0 Å². The summed E-state index contributed by atoms with van der Waals surface area (Å²) in [6.45, 7) is 6.70. The van der Waals surface area contributed by atoms with Gasteiger partial charge in [-0.15, -0.1) is 0 Å². The number of nitrogens with one attached hydrogen (secondary N) is 3. The summed E-state index contributed by atoms with van der Waals surface area (Å²) in [6, 6.07) is 9.40. The predicted molar refractivity (Wildman–Crippen MR) is 112 cm³/mol. The van der Waals surface area contributed by atoms with Gasteiger partial charge in [0.15, 0.2) is 0 Å². The van der Waals surface area contributed by atoms with E-state index in [4.69, 9.17) is 0 Å². The van der Waals surface area contributed by atoms with Crippen LogP contribution in [0.5, 0.6) is 0 Å². The topological polar surface area (TPSA) is 87.3 Å². The normalized spacial score (nSPS) is 12.6. The summed E-state index contributed by atoms with van der Waals surface area (Å²) >= 11 is 0. The number of hydrogen-bond donors (Lipinski definition) is 3. The van der Waals surface area contributed by atoms with Crippen LogP contribution in [0.4, 0.5) is 24.5 Å². The number of alkyl halides is 3. The number of amides is 3. The Hall–Kier alpha value is -3.36. The quantitative estimate of drug-likeness (QED) is 0.649. The molecule has 0 spiro atoms. The van der Waals surface area contributed by atoms with E-state index in [9.17, 15) is 27.6 Å². The Morgan fingerprint density at radius 1 is 0.871 bits per heavy atom. The average molecular weight is 435 g/mol. The van der Waals surface area contributed by atoms with Crippen LogP contribution < -0.4 is 16.0 Å². The van der Waals surface area contributed by atoms with E-state index in [0.29, 0.717) is 5.69 Å². The van der Waals surface area contributed by atoms with Gasteiger partial charge < -0.3 is 16.0 Å². The predicted octanol–water partition coefficient (Wildman–Crippen LogP) is 4.45. The van der Waals surface area contributed by atoms with E-state index in [1.54, 1.807) is 26.8 Å². The van der Waals surface area contributed by atoms with Crippen LogP contribution in [-0.4, -0.2) is 23.8 Å². The molecule has 0 bridgehead atoms. The van der Waals surface area contributed by atoms with Gasteiger partial charge >= 0.3 is 6.18 Å². The first-order valence-electron chi connectivity index (χ1n) is 9.48. The highest BCUT2D eigenvalue weighted by Crippen LogP contribution is 2.30. The fourth-order valence-electron chi connectivity index (χ4n) is 2.44. The number of carbonyl (C=O) groups excluding carboxylic acids is 3. The summed E-state index contributed by atoms with van der Waals surface area (Å²) in [7, 11) is 0. The van der Waals surface area contributed by atoms with Gasteiger partial charge in [-0.3, -0.25) is 14.4 Å². The number of rotatable bonds is 5. The molecule has 1 unspecified atom stereocenters. The molecule has 0 aliphatic heterocycles. The lowest BCUT2D eigenvalue weighted by Crippen LogP contribution is -2.46. The molecule has 166 valence electrons. The SMILES string of the molecule is CC(NC(=O)C(C)(C)C)C(=O)Nc1cccc(C(=O)Nc2cccc(C(F)(F)F)c2)c1. The Balaban J connectivity index is 2.07. The van der Waals surface area contributed by atoms with E-state index in [0.717, 1.165) is 12.1 Å². The largest absolute Gasteiger partial charge is 0.416 e. The van der Waals surface area contributed by atoms with Crippen molar-refractivity contribution in [2.45, 2.75) is 39.9 Å². The molecule has 31 heavy (non-hydrogen) atoms. The molecule has 3 amide bonds. The lowest BCUT2D eigenvalue weighted by Gasteiger charge is -2.21. The molecule has 6 nitrogen and oxygen atoms in total. The van der Waals surface area contributed by atoms with Crippen LogP contribution >= 0.6 is 0 Å². The second-order valence-corrected chi connectivity index (χ2v) is 8.05. The zero-order chi connectivity index (χ0) is 23.4. The van der Waals surface area contributed by atoms with Gasteiger partial charge in [-0.2, -0.15) is 13.2 Å². The van der Waals surface area contributed by atoms with Crippen LogP contribution in [0.1, 0.15) is 43.6 Å². The first-order valence-corrected chi connectivity index (χ1v) is 9.48. The summed E-state index contributed by atoms with van der Waals surface area (Å²) in [5, 5.41) is 7.62. The molecule has 0 fully saturated rings. The van der Waals surface area contributed by atoms with Gasteiger partial charge in [0.2, 0.25) is 11.8 Å². The van der Waals surface area contributed by atoms with Crippen LogP contribution in [0, 0.1) is 5.41 Å². The zero-order valence-corrected chi connectivity index (χ0v) is 17.6. The Kier molecular flexibility index (Phi) is 7.09. The molecule has 9 heteroatoms. The first kappa shape index (κ1) is 23.9. The third-order valence-corrected chi connectivity index (χ3v) is 4.26. The molecule has 1 atom stereocenters. The number of hydrogen-bond acceptors (Lipinski definition) is 3. The third-order valence-electron chi connectivity index (χ3n) is 4.26. The van der Waals surface area contributed by atoms with Crippen molar-refractivity contribution in [1.29, 1.82) is 0 Å². The third kappa shape index (κ3) is 6.84. The van der Waals surface area contributed by atoms with E-state index in [2.05, 4.69) is 16.0 Å². The highest BCUT2D eigenvalue weighted by Gasteiger charge is 2.30. The van der Waals surface area contributed by atoms with Crippen molar-refractivity contribution in [3.8, 4) is 0 Å².